The van der Waals surface area contributed by atoms with E-state index in [1.807, 2.05) is 18.7 Å². The Bertz CT molecular complexity index is 369. The van der Waals surface area contributed by atoms with Crippen LogP contribution in [0.15, 0.2) is 0 Å². The first kappa shape index (κ1) is 14.5. The summed E-state index contributed by atoms with van der Waals surface area (Å²) in [6, 6.07) is -0.908. The van der Waals surface area contributed by atoms with Crippen molar-refractivity contribution in [2.24, 2.45) is 5.92 Å². The van der Waals surface area contributed by atoms with E-state index in [1.165, 1.54) is 11.3 Å². The van der Waals surface area contributed by atoms with Crippen LogP contribution in [-0.2, 0) is 4.79 Å². The zero-order chi connectivity index (χ0) is 14.0. The molecule has 6 heteroatoms. The monoisotopic (exact) mass is 286 g/mol. The van der Waals surface area contributed by atoms with Crippen molar-refractivity contribution in [1.29, 1.82) is 0 Å². The Labute approximate surface area is 118 Å². The van der Waals surface area contributed by atoms with E-state index in [4.69, 9.17) is 0 Å². The molecule has 19 heavy (non-hydrogen) atoms. The van der Waals surface area contributed by atoms with Gasteiger partial charge < -0.3 is 15.3 Å². The number of hydrogen-bond acceptors (Lipinski definition) is 3. The average Bonchev–Trinajstić information content (AvgIpc) is 2.93. The fourth-order valence-corrected chi connectivity index (χ4v) is 4.14. The predicted molar refractivity (Wildman–Crippen MR) is 75.4 cm³/mol. The first-order valence-corrected chi connectivity index (χ1v) is 7.83. The first-order chi connectivity index (χ1) is 8.93. The Morgan fingerprint density at radius 3 is 2.84 bits per heavy atom. The Morgan fingerprint density at radius 1 is 1.53 bits per heavy atom. The van der Waals surface area contributed by atoms with E-state index in [1.54, 1.807) is 0 Å². The number of carbonyl (C=O) groups excluding carboxylic acids is 1. The van der Waals surface area contributed by atoms with Crippen molar-refractivity contribution in [3.8, 4) is 0 Å². The standard InChI is InChI=1S/C13H22N2O3S/c1-9-4-6-15(10(9)11(16)17)12(18)14-8-13(2)5-3-7-19-13/h9-10H,3-8H2,1-2H3,(H,14,18)(H,16,17). The Morgan fingerprint density at radius 2 is 2.26 bits per heavy atom. The maximum atomic E-state index is 12.1. The number of likely N-dealkylation sites (tertiary alicyclic amines) is 1. The quantitative estimate of drug-likeness (QED) is 0.829. The first-order valence-electron chi connectivity index (χ1n) is 6.84. The summed E-state index contributed by atoms with van der Waals surface area (Å²) in [7, 11) is 0. The number of carbonyl (C=O) groups is 2. The van der Waals surface area contributed by atoms with Gasteiger partial charge in [0.15, 0.2) is 0 Å². The van der Waals surface area contributed by atoms with Gasteiger partial charge >= 0.3 is 12.0 Å². The van der Waals surface area contributed by atoms with Gasteiger partial charge in [-0.05, 0) is 37.9 Å². The van der Waals surface area contributed by atoms with Gasteiger partial charge in [-0.2, -0.15) is 11.8 Å². The topological polar surface area (TPSA) is 69.6 Å². The summed E-state index contributed by atoms with van der Waals surface area (Å²) < 4.78 is 0.111. The second-order valence-electron chi connectivity index (χ2n) is 5.80. The van der Waals surface area contributed by atoms with Crippen molar-refractivity contribution in [3.05, 3.63) is 0 Å². The van der Waals surface area contributed by atoms with Crippen LogP contribution < -0.4 is 5.32 Å². The van der Waals surface area contributed by atoms with Crippen molar-refractivity contribution in [1.82, 2.24) is 10.2 Å². The smallest absolute Gasteiger partial charge is 0.326 e. The van der Waals surface area contributed by atoms with Crippen molar-refractivity contribution in [2.45, 2.75) is 43.9 Å². The van der Waals surface area contributed by atoms with E-state index in [2.05, 4.69) is 12.2 Å². The fourth-order valence-electron chi connectivity index (χ4n) is 2.89. The van der Waals surface area contributed by atoms with Crippen molar-refractivity contribution in [3.63, 3.8) is 0 Å². The molecule has 0 spiro atoms. The molecule has 2 saturated heterocycles. The number of nitrogens with one attached hydrogen (secondary N) is 1. The van der Waals surface area contributed by atoms with E-state index < -0.39 is 12.0 Å². The summed E-state index contributed by atoms with van der Waals surface area (Å²) in [6.07, 6.45) is 3.06. The minimum absolute atomic E-state index is 0.0275. The summed E-state index contributed by atoms with van der Waals surface area (Å²) in [6.45, 7) is 5.20. The third kappa shape index (κ3) is 3.16. The van der Waals surface area contributed by atoms with Crippen LogP contribution in [0, 0.1) is 5.92 Å². The second kappa shape index (κ2) is 5.61. The number of hydrogen-bond donors (Lipinski definition) is 2. The maximum Gasteiger partial charge on any atom is 0.326 e. The molecule has 5 nitrogen and oxygen atoms in total. The molecule has 0 aromatic heterocycles. The third-order valence-electron chi connectivity index (χ3n) is 4.13. The zero-order valence-corrected chi connectivity index (χ0v) is 12.3. The minimum Gasteiger partial charge on any atom is -0.480 e. The highest BCUT2D eigenvalue weighted by atomic mass is 32.2. The highest BCUT2D eigenvalue weighted by Gasteiger charge is 2.40. The summed E-state index contributed by atoms with van der Waals surface area (Å²) in [5.41, 5.74) is 0. The third-order valence-corrected chi connectivity index (χ3v) is 5.67. The Hall–Kier alpha value is -0.910. The van der Waals surface area contributed by atoms with Crippen LogP contribution >= 0.6 is 11.8 Å². The number of carboxylic acid groups (broad SMARTS) is 1. The summed E-state index contributed by atoms with van der Waals surface area (Å²) in [5.74, 6) is 0.270. The molecule has 2 amide bonds. The van der Waals surface area contributed by atoms with Crippen LogP contribution in [0.4, 0.5) is 4.79 Å². The lowest BCUT2D eigenvalue weighted by molar-refractivity contribution is -0.142. The van der Waals surface area contributed by atoms with Gasteiger partial charge in [-0.25, -0.2) is 9.59 Å². The van der Waals surface area contributed by atoms with Crippen LogP contribution in [0.3, 0.4) is 0 Å². The van der Waals surface area contributed by atoms with Gasteiger partial charge in [-0.1, -0.05) is 6.92 Å². The molecule has 3 atom stereocenters. The van der Waals surface area contributed by atoms with Crippen molar-refractivity contribution >= 4 is 23.8 Å². The lowest BCUT2D eigenvalue weighted by Crippen LogP contribution is -2.50. The molecule has 0 bridgehead atoms. The molecule has 0 aromatic carbocycles. The zero-order valence-electron chi connectivity index (χ0n) is 11.5. The summed E-state index contributed by atoms with van der Waals surface area (Å²) in [4.78, 5) is 24.8. The molecular weight excluding hydrogens is 264 g/mol. The van der Waals surface area contributed by atoms with Crippen LogP contribution in [0.2, 0.25) is 0 Å². The number of carboxylic acids is 1. The van der Waals surface area contributed by atoms with Crippen LogP contribution in [-0.4, -0.2) is 51.6 Å². The largest absolute Gasteiger partial charge is 0.480 e. The predicted octanol–water partition coefficient (Wildman–Crippen LogP) is 1.78. The number of rotatable bonds is 3. The molecule has 2 N–H and O–H groups in total. The van der Waals surface area contributed by atoms with E-state index in [0.717, 1.165) is 18.6 Å². The molecule has 3 unspecified atom stereocenters. The minimum atomic E-state index is -0.901. The number of aliphatic carboxylic acids is 1. The van der Waals surface area contributed by atoms with Crippen molar-refractivity contribution in [2.75, 3.05) is 18.8 Å². The van der Waals surface area contributed by atoms with Crippen molar-refractivity contribution < 1.29 is 14.7 Å². The number of urea groups is 1. The number of nitrogens with zero attached hydrogens (tertiary/aromatic N) is 1. The van der Waals surface area contributed by atoms with Gasteiger partial charge in [0.2, 0.25) is 0 Å². The molecule has 0 aromatic rings. The van der Waals surface area contributed by atoms with Crippen LogP contribution in [0.5, 0.6) is 0 Å². The van der Waals surface area contributed by atoms with E-state index in [9.17, 15) is 14.7 Å². The molecular formula is C13H22N2O3S. The summed E-state index contributed by atoms with van der Waals surface area (Å²) in [5, 5.41) is 12.1. The lowest BCUT2D eigenvalue weighted by atomic mass is 10.0. The van der Waals surface area contributed by atoms with Gasteiger partial charge in [0.25, 0.3) is 0 Å². The van der Waals surface area contributed by atoms with Crippen LogP contribution in [0.25, 0.3) is 0 Å². The van der Waals surface area contributed by atoms with E-state index in [0.29, 0.717) is 13.1 Å². The highest BCUT2D eigenvalue weighted by Crippen LogP contribution is 2.37. The molecule has 108 valence electrons. The molecule has 2 heterocycles. The van der Waals surface area contributed by atoms with Gasteiger partial charge in [0.05, 0.1) is 0 Å². The van der Waals surface area contributed by atoms with Gasteiger partial charge in [0.1, 0.15) is 6.04 Å². The second-order valence-corrected chi connectivity index (χ2v) is 7.49. The molecule has 2 aliphatic heterocycles. The normalized spacial score (nSPS) is 34.5. The summed E-state index contributed by atoms with van der Waals surface area (Å²) >= 11 is 1.89. The molecule has 2 fully saturated rings. The lowest BCUT2D eigenvalue weighted by Gasteiger charge is -2.27. The molecule has 0 radical (unpaired) electrons. The van der Waals surface area contributed by atoms with Gasteiger partial charge in [-0.15, -0.1) is 0 Å². The average molecular weight is 286 g/mol. The SMILES string of the molecule is CC1CCN(C(=O)NCC2(C)CCCS2)C1C(=O)O. The van der Waals surface area contributed by atoms with Gasteiger partial charge in [-0.3, -0.25) is 0 Å². The molecule has 0 saturated carbocycles. The molecule has 2 rings (SSSR count). The van der Waals surface area contributed by atoms with Crippen LogP contribution in [0.1, 0.15) is 33.1 Å². The van der Waals surface area contributed by atoms with Gasteiger partial charge in [0, 0.05) is 17.8 Å². The fraction of sp³-hybridized carbons (Fsp3) is 0.846. The number of thioether (sulfide) groups is 1. The van der Waals surface area contributed by atoms with E-state index in [-0.39, 0.29) is 16.7 Å². The Balaban J connectivity index is 1.90. The van der Waals surface area contributed by atoms with E-state index >= 15 is 0 Å². The maximum absolute atomic E-state index is 12.1. The molecule has 0 aliphatic carbocycles. The molecule has 2 aliphatic rings. The highest BCUT2D eigenvalue weighted by molar-refractivity contribution is 8.00. The Kier molecular flexibility index (Phi) is 4.28. The number of amides is 2.